The lowest BCUT2D eigenvalue weighted by molar-refractivity contribution is -0.112. The van der Waals surface area contributed by atoms with E-state index in [1.165, 1.54) is 11.8 Å². The molecule has 0 bridgehead atoms. The van der Waals surface area contributed by atoms with Crippen molar-refractivity contribution in [3.8, 4) is 0 Å². The highest BCUT2D eigenvalue weighted by molar-refractivity contribution is 8.04. The van der Waals surface area contributed by atoms with Crippen LogP contribution in [0.25, 0.3) is 0 Å². The van der Waals surface area contributed by atoms with Gasteiger partial charge in [0.2, 0.25) is 0 Å². The molecule has 1 aromatic heterocycles. The molecule has 8 heteroatoms. The van der Waals surface area contributed by atoms with E-state index in [9.17, 15) is 9.59 Å². The first-order valence-electron chi connectivity index (χ1n) is 8.27. The van der Waals surface area contributed by atoms with Crippen molar-refractivity contribution in [2.24, 2.45) is 0 Å². The minimum Gasteiger partial charge on any atom is -0.496 e. The molecule has 2 heterocycles. The van der Waals surface area contributed by atoms with E-state index in [1.807, 2.05) is 0 Å². The third-order valence-corrected chi connectivity index (χ3v) is 4.96. The van der Waals surface area contributed by atoms with Crippen molar-refractivity contribution in [2.75, 3.05) is 24.2 Å². The van der Waals surface area contributed by atoms with Crippen LogP contribution in [0.4, 0.5) is 5.69 Å². The van der Waals surface area contributed by atoms with Crippen LogP contribution in [-0.4, -0.2) is 40.7 Å². The minimum atomic E-state index is -0.259. The van der Waals surface area contributed by atoms with Crippen molar-refractivity contribution in [1.82, 2.24) is 15.3 Å². The van der Waals surface area contributed by atoms with Gasteiger partial charge in [0.1, 0.15) is 10.7 Å². The number of imidazole rings is 1. The first kappa shape index (κ1) is 18.1. The van der Waals surface area contributed by atoms with Gasteiger partial charge in [-0.1, -0.05) is 12.1 Å². The van der Waals surface area contributed by atoms with Crippen LogP contribution in [0, 0.1) is 0 Å². The van der Waals surface area contributed by atoms with Gasteiger partial charge in [-0.3, -0.25) is 9.59 Å². The fraction of sp³-hybridized carbons (Fsp3) is 0.278. The minimum absolute atomic E-state index is 0.237. The lowest BCUT2D eigenvalue weighted by Crippen LogP contribution is -2.27. The van der Waals surface area contributed by atoms with E-state index in [2.05, 4.69) is 20.6 Å². The number of hydrogen-bond donors (Lipinski definition) is 3. The van der Waals surface area contributed by atoms with Crippen molar-refractivity contribution >= 4 is 29.3 Å². The first-order chi connectivity index (χ1) is 12.6. The quantitative estimate of drug-likeness (QED) is 0.723. The molecule has 0 radical (unpaired) electrons. The molecule has 1 aromatic carbocycles. The van der Waals surface area contributed by atoms with E-state index in [0.29, 0.717) is 41.5 Å². The second-order valence-electron chi connectivity index (χ2n) is 5.66. The molecule has 1 aliphatic rings. The van der Waals surface area contributed by atoms with E-state index in [-0.39, 0.29) is 11.8 Å². The number of para-hydroxylation sites is 1. The van der Waals surface area contributed by atoms with Gasteiger partial charge in [-0.25, -0.2) is 4.98 Å². The number of amides is 2. The molecule has 0 unspecified atom stereocenters. The molecule has 3 N–H and O–H groups in total. The molecule has 26 heavy (non-hydrogen) atoms. The van der Waals surface area contributed by atoms with Crippen LogP contribution < -0.4 is 10.6 Å². The average molecular weight is 372 g/mol. The van der Waals surface area contributed by atoms with Crippen LogP contribution in [0.3, 0.4) is 0 Å². The smallest absolute Gasteiger partial charge is 0.265 e. The molecule has 0 spiro atoms. The van der Waals surface area contributed by atoms with Crippen molar-refractivity contribution in [2.45, 2.75) is 13.3 Å². The number of ether oxygens (including phenoxy) is 1. The summed E-state index contributed by atoms with van der Waals surface area (Å²) in [6.07, 6.45) is 3.98. The molecule has 0 saturated carbocycles. The largest absolute Gasteiger partial charge is 0.496 e. The Bertz CT molecular complexity index is 818. The number of anilines is 1. The second-order valence-corrected chi connectivity index (χ2v) is 6.77. The van der Waals surface area contributed by atoms with Gasteiger partial charge in [0.25, 0.3) is 11.8 Å². The van der Waals surface area contributed by atoms with Gasteiger partial charge in [-0.15, -0.1) is 11.8 Å². The number of allylic oxidation sites excluding steroid dienone is 1. The number of rotatable bonds is 6. The Morgan fingerprint density at radius 3 is 2.92 bits per heavy atom. The van der Waals surface area contributed by atoms with E-state index in [0.717, 1.165) is 11.4 Å². The van der Waals surface area contributed by atoms with Gasteiger partial charge in [0, 0.05) is 30.6 Å². The average Bonchev–Trinajstić information content (AvgIpc) is 3.16. The van der Waals surface area contributed by atoms with Crippen LogP contribution in [0.1, 0.15) is 23.0 Å². The van der Waals surface area contributed by atoms with Crippen LogP contribution in [0.2, 0.25) is 0 Å². The predicted octanol–water partition coefficient (Wildman–Crippen LogP) is 2.32. The van der Waals surface area contributed by atoms with Crippen LogP contribution in [-0.2, 0) is 16.0 Å². The number of nitrogens with zero attached hydrogens (tertiary/aromatic N) is 1. The Morgan fingerprint density at radius 1 is 1.31 bits per heavy atom. The van der Waals surface area contributed by atoms with E-state index < -0.39 is 0 Å². The topological polar surface area (TPSA) is 96.1 Å². The van der Waals surface area contributed by atoms with Crippen molar-refractivity contribution in [3.63, 3.8) is 0 Å². The van der Waals surface area contributed by atoms with E-state index in [1.54, 1.807) is 43.7 Å². The molecule has 0 atom stereocenters. The number of aromatic amines is 1. The fourth-order valence-electron chi connectivity index (χ4n) is 2.53. The highest BCUT2D eigenvalue weighted by atomic mass is 32.2. The predicted molar refractivity (Wildman–Crippen MR) is 101 cm³/mol. The summed E-state index contributed by atoms with van der Waals surface area (Å²) in [5.74, 6) is 0.847. The number of carbonyl (C=O) groups excluding carboxylic acids is 2. The van der Waals surface area contributed by atoms with Crippen molar-refractivity contribution in [3.05, 3.63) is 58.7 Å². The Kier molecular flexibility index (Phi) is 5.96. The van der Waals surface area contributed by atoms with E-state index in [4.69, 9.17) is 4.74 Å². The number of benzene rings is 1. The number of carbonyl (C=O) groups is 2. The molecule has 2 amide bonds. The van der Waals surface area contributed by atoms with Gasteiger partial charge >= 0.3 is 0 Å². The molecule has 136 valence electrons. The Balaban J connectivity index is 1.65. The zero-order valence-electron chi connectivity index (χ0n) is 14.4. The normalized spacial score (nSPS) is 13.9. The molecule has 1 aliphatic heterocycles. The molecular weight excluding hydrogens is 352 g/mol. The maximum absolute atomic E-state index is 12.5. The molecule has 0 saturated heterocycles. The number of thioether (sulfide) groups is 1. The molecule has 0 fully saturated rings. The molecule has 7 nitrogen and oxygen atoms in total. The summed E-state index contributed by atoms with van der Waals surface area (Å²) in [6, 6.07) is 6.95. The van der Waals surface area contributed by atoms with Crippen molar-refractivity contribution in [1.29, 1.82) is 0 Å². The first-order valence-corrected chi connectivity index (χ1v) is 9.26. The number of aromatic nitrogens is 2. The maximum Gasteiger partial charge on any atom is 0.265 e. The zero-order chi connectivity index (χ0) is 18.4. The summed E-state index contributed by atoms with van der Waals surface area (Å²) < 4.78 is 5.43. The molecule has 0 aliphatic carbocycles. The van der Waals surface area contributed by atoms with Gasteiger partial charge < -0.3 is 20.4 Å². The number of hydrogen-bond acceptors (Lipinski definition) is 5. The van der Waals surface area contributed by atoms with Crippen LogP contribution in [0.15, 0.2) is 47.5 Å². The van der Waals surface area contributed by atoms with Crippen molar-refractivity contribution < 1.29 is 14.3 Å². The summed E-state index contributed by atoms with van der Waals surface area (Å²) in [7, 11) is 0. The molecular formula is C18H20N4O3S. The van der Waals surface area contributed by atoms with Gasteiger partial charge in [-0.2, -0.15) is 0 Å². The Morgan fingerprint density at radius 2 is 2.15 bits per heavy atom. The summed E-state index contributed by atoms with van der Waals surface area (Å²) in [4.78, 5) is 32.5. The highest BCUT2D eigenvalue weighted by Gasteiger charge is 2.20. The fourth-order valence-corrected chi connectivity index (χ4v) is 3.34. The molecule has 3 rings (SSSR count). The van der Waals surface area contributed by atoms with Crippen LogP contribution >= 0.6 is 11.8 Å². The Hall–Kier alpha value is -2.74. The SMILES string of the molecule is CC1=C(C(=O)Nc2ccccc2C(=O)NCCc2cnc[nH]2)SCCO1. The maximum atomic E-state index is 12.5. The lowest BCUT2D eigenvalue weighted by Gasteiger charge is -2.18. The van der Waals surface area contributed by atoms with Gasteiger partial charge in [-0.05, 0) is 19.1 Å². The highest BCUT2D eigenvalue weighted by Crippen LogP contribution is 2.27. The summed E-state index contributed by atoms with van der Waals surface area (Å²) in [6.45, 7) is 2.84. The number of H-pyrrole nitrogens is 1. The molecule has 2 aromatic rings. The summed E-state index contributed by atoms with van der Waals surface area (Å²) in [5.41, 5.74) is 1.84. The van der Waals surface area contributed by atoms with E-state index >= 15 is 0 Å². The summed E-state index contributed by atoms with van der Waals surface area (Å²) >= 11 is 1.46. The monoisotopic (exact) mass is 372 g/mol. The van der Waals surface area contributed by atoms with Gasteiger partial charge in [0.15, 0.2) is 0 Å². The van der Waals surface area contributed by atoms with Gasteiger partial charge in [0.05, 0.1) is 24.2 Å². The van der Waals surface area contributed by atoms with Crippen LogP contribution in [0.5, 0.6) is 0 Å². The second kappa shape index (κ2) is 8.57. The standard InChI is InChI=1S/C18H20N4O3S/c1-12-16(26-9-8-25-12)18(24)22-15-5-3-2-4-14(15)17(23)20-7-6-13-10-19-11-21-13/h2-5,10-11H,6-9H2,1H3,(H,19,21)(H,20,23)(H,22,24). The lowest BCUT2D eigenvalue weighted by atomic mass is 10.1. The third-order valence-electron chi connectivity index (χ3n) is 3.83. The number of nitrogens with one attached hydrogen (secondary N) is 3. The zero-order valence-corrected chi connectivity index (χ0v) is 15.2. The Labute approximate surface area is 155 Å². The third kappa shape index (κ3) is 4.45. The summed E-state index contributed by atoms with van der Waals surface area (Å²) in [5, 5.41) is 5.68.